The second kappa shape index (κ2) is 7.16. The Morgan fingerprint density at radius 2 is 1.97 bits per heavy atom. The topological polar surface area (TPSA) is 86.0 Å². The van der Waals surface area contributed by atoms with Crippen LogP contribution in [0, 0.1) is 18.7 Å². The highest BCUT2D eigenvalue weighted by atomic mass is 19.1. The molecule has 9 heteroatoms. The lowest BCUT2D eigenvalue weighted by atomic mass is 9.98. The summed E-state index contributed by atoms with van der Waals surface area (Å²) in [5.41, 5.74) is 1.10. The second-order valence-corrected chi connectivity index (χ2v) is 7.86. The molecule has 2 fully saturated rings. The molecule has 0 spiro atoms. The van der Waals surface area contributed by atoms with Crippen LogP contribution in [0.2, 0.25) is 0 Å². The summed E-state index contributed by atoms with van der Waals surface area (Å²) in [7, 11) is 0. The highest BCUT2D eigenvalue weighted by Gasteiger charge is 2.53. The lowest BCUT2D eigenvalue weighted by Crippen LogP contribution is -2.51. The largest absolute Gasteiger partial charge is 0.471 e. The Bertz CT molecular complexity index is 1070. The number of fused-ring (bicyclic) bond motifs is 2. The molecule has 30 heavy (non-hydrogen) atoms. The molecule has 1 saturated heterocycles. The van der Waals surface area contributed by atoms with Crippen LogP contribution in [0.4, 0.5) is 4.39 Å². The quantitative estimate of drug-likeness (QED) is 0.660. The number of nitrogens with zero attached hydrogens (tertiary/aromatic N) is 6. The first kappa shape index (κ1) is 18.7. The van der Waals surface area contributed by atoms with Gasteiger partial charge in [-0.15, -0.1) is 0 Å². The third-order valence-corrected chi connectivity index (χ3v) is 6.09. The number of rotatable bonds is 4. The van der Waals surface area contributed by atoms with Gasteiger partial charge in [0.15, 0.2) is 0 Å². The molecule has 1 saturated carbocycles. The zero-order valence-electron chi connectivity index (χ0n) is 16.6. The highest BCUT2D eigenvalue weighted by molar-refractivity contribution is 5.98. The number of benzene rings is 1. The molecule has 8 nitrogen and oxygen atoms in total. The molecule has 4 atom stereocenters. The van der Waals surface area contributed by atoms with Gasteiger partial charge in [0.25, 0.3) is 5.91 Å². The first-order valence-electron chi connectivity index (χ1n) is 9.96. The number of ether oxygens (including phenoxy) is 1. The molecule has 154 valence electrons. The van der Waals surface area contributed by atoms with Gasteiger partial charge in [0.2, 0.25) is 5.88 Å². The van der Waals surface area contributed by atoms with Crippen molar-refractivity contribution in [2.24, 2.45) is 5.92 Å². The maximum Gasteiger partial charge on any atom is 0.259 e. The lowest BCUT2D eigenvalue weighted by Gasteiger charge is -2.38. The van der Waals surface area contributed by atoms with Gasteiger partial charge >= 0.3 is 0 Å². The zero-order valence-corrected chi connectivity index (χ0v) is 16.6. The molecule has 1 amide bonds. The van der Waals surface area contributed by atoms with Crippen molar-refractivity contribution in [1.29, 1.82) is 0 Å². The van der Waals surface area contributed by atoms with Crippen LogP contribution < -0.4 is 4.74 Å². The Morgan fingerprint density at radius 3 is 2.67 bits per heavy atom. The van der Waals surface area contributed by atoms with Gasteiger partial charge in [0.1, 0.15) is 23.2 Å². The molecule has 4 unspecified atom stereocenters. The van der Waals surface area contributed by atoms with E-state index in [1.807, 2.05) is 13.8 Å². The van der Waals surface area contributed by atoms with E-state index in [9.17, 15) is 9.18 Å². The first-order valence-corrected chi connectivity index (χ1v) is 9.96. The van der Waals surface area contributed by atoms with E-state index in [2.05, 4.69) is 20.2 Å². The average Bonchev–Trinajstić information content (AvgIpc) is 3.46. The van der Waals surface area contributed by atoms with Crippen LogP contribution in [0.15, 0.2) is 43.0 Å². The fourth-order valence-corrected chi connectivity index (χ4v) is 4.65. The molecule has 3 aromatic rings. The standard InChI is InChI=1S/C21H21FN6O2/c1-12-10-24-19(11-23-12)30-18-9-14-8-17(18)27(13(14)2)21(29)20-15(22)4-3-5-16(20)28-25-6-7-26-28/h3-7,10-11,13-14,17-18H,8-9H2,1-2H3. The van der Waals surface area contributed by atoms with Crippen LogP contribution in [-0.2, 0) is 0 Å². The van der Waals surface area contributed by atoms with Gasteiger partial charge in [-0.1, -0.05) is 6.07 Å². The molecule has 2 aromatic heterocycles. The third-order valence-electron chi connectivity index (χ3n) is 6.09. The monoisotopic (exact) mass is 408 g/mol. The zero-order chi connectivity index (χ0) is 20.8. The number of carbonyl (C=O) groups excluding carboxylic acids is 1. The van der Waals surface area contributed by atoms with Gasteiger partial charge in [-0.25, -0.2) is 9.37 Å². The minimum Gasteiger partial charge on any atom is -0.471 e. The molecule has 1 aliphatic carbocycles. The molecule has 5 rings (SSSR count). The number of amides is 1. The van der Waals surface area contributed by atoms with Gasteiger partial charge in [-0.05, 0) is 44.7 Å². The van der Waals surface area contributed by atoms with Crippen molar-refractivity contribution >= 4 is 5.91 Å². The predicted molar refractivity (Wildman–Crippen MR) is 105 cm³/mol. The van der Waals surface area contributed by atoms with Crippen LogP contribution in [0.1, 0.15) is 35.8 Å². The first-order chi connectivity index (χ1) is 14.5. The SMILES string of the molecule is Cc1cnc(OC2CC3CC2N(C(=O)c2c(F)cccc2-n2nccn2)C3C)cn1. The maximum absolute atomic E-state index is 14.8. The maximum atomic E-state index is 14.8. The Balaban J connectivity index is 1.46. The fourth-order valence-electron chi connectivity index (χ4n) is 4.65. The summed E-state index contributed by atoms with van der Waals surface area (Å²) in [5, 5.41) is 8.14. The number of hydrogen-bond acceptors (Lipinski definition) is 6. The fraction of sp³-hybridized carbons (Fsp3) is 0.381. The minimum atomic E-state index is -0.591. The van der Waals surface area contributed by atoms with Crippen molar-refractivity contribution in [3.8, 4) is 11.6 Å². The van der Waals surface area contributed by atoms with Crippen molar-refractivity contribution in [3.05, 3.63) is 60.1 Å². The van der Waals surface area contributed by atoms with E-state index in [1.54, 1.807) is 29.4 Å². The Morgan fingerprint density at radius 1 is 1.17 bits per heavy atom. The van der Waals surface area contributed by atoms with Crippen molar-refractivity contribution in [3.63, 3.8) is 0 Å². The van der Waals surface area contributed by atoms with Gasteiger partial charge in [0.05, 0.1) is 36.5 Å². The summed E-state index contributed by atoms with van der Waals surface area (Å²) in [6.07, 6.45) is 7.67. The lowest BCUT2D eigenvalue weighted by molar-refractivity contribution is 0.0309. The molecular formula is C21H21FN6O2. The van der Waals surface area contributed by atoms with Crippen molar-refractivity contribution in [2.45, 2.75) is 44.9 Å². The van der Waals surface area contributed by atoms with E-state index >= 15 is 0 Å². The summed E-state index contributed by atoms with van der Waals surface area (Å²) < 4.78 is 20.9. The molecular weight excluding hydrogens is 387 g/mol. The average molecular weight is 408 g/mol. The summed E-state index contributed by atoms with van der Waals surface area (Å²) in [6, 6.07) is 4.32. The summed E-state index contributed by atoms with van der Waals surface area (Å²) in [4.78, 5) is 25.1. The third kappa shape index (κ3) is 3.01. The minimum absolute atomic E-state index is 0.00973. The van der Waals surface area contributed by atoms with Gasteiger partial charge in [0, 0.05) is 6.04 Å². The Hall–Kier alpha value is -3.36. The van der Waals surface area contributed by atoms with Crippen molar-refractivity contribution in [2.75, 3.05) is 0 Å². The number of hydrogen-bond donors (Lipinski definition) is 0. The van der Waals surface area contributed by atoms with Crippen molar-refractivity contribution in [1.82, 2.24) is 29.9 Å². The van der Waals surface area contributed by atoms with Crippen molar-refractivity contribution < 1.29 is 13.9 Å². The van der Waals surface area contributed by atoms with Gasteiger partial charge < -0.3 is 9.64 Å². The highest BCUT2D eigenvalue weighted by Crippen LogP contribution is 2.44. The predicted octanol–water partition coefficient (Wildman–Crippen LogP) is 2.58. The molecule has 0 N–H and O–H groups in total. The molecule has 3 heterocycles. The Labute approximate surface area is 172 Å². The van der Waals surface area contributed by atoms with E-state index in [0.717, 1.165) is 18.5 Å². The number of carbonyl (C=O) groups is 1. The van der Waals surface area contributed by atoms with Crippen LogP contribution >= 0.6 is 0 Å². The molecule has 1 aromatic carbocycles. The number of halogens is 1. The number of aryl methyl sites for hydroxylation is 1. The van der Waals surface area contributed by atoms with Crippen LogP contribution in [0.3, 0.4) is 0 Å². The summed E-state index contributed by atoms with van der Waals surface area (Å²) in [6.45, 7) is 3.87. The van der Waals surface area contributed by atoms with E-state index < -0.39 is 5.82 Å². The van der Waals surface area contributed by atoms with E-state index in [0.29, 0.717) is 17.5 Å². The number of piperidine rings is 1. The second-order valence-electron chi connectivity index (χ2n) is 7.86. The van der Waals surface area contributed by atoms with Gasteiger partial charge in [-0.3, -0.25) is 9.78 Å². The smallest absolute Gasteiger partial charge is 0.259 e. The van der Waals surface area contributed by atoms with E-state index in [4.69, 9.17) is 4.74 Å². The van der Waals surface area contributed by atoms with Crippen LogP contribution in [0.5, 0.6) is 5.88 Å². The normalized spacial score (nSPS) is 25.0. The van der Waals surface area contributed by atoms with Gasteiger partial charge in [-0.2, -0.15) is 15.0 Å². The molecule has 0 radical (unpaired) electrons. The molecule has 2 aliphatic rings. The van der Waals surface area contributed by atoms with Crippen LogP contribution in [0.25, 0.3) is 5.69 Å². The molecule has 1 aliphatic heterocycles. The summed E-state index contributed by atoms with van der Waals surface area (Å²) in [5.74, 6) is -0.235. The van der Waals surface area contributed by atoms with Crippen LogP contribution in [-0.4, -0.2) is 54.0 Å². The molecule has 2 bridgehead atoms. The van der Waals surface area contributed by atoms with E-state index in [1.165, 1.54) is 23.3 Å². The van der Waals surface area contributed by atoms with E-state index in [-0.39, 0.29) is 29.7 Å². The summed E-state index contributed by atoms with van der Waals surface area (Å²) >= 11 is 0. The number of likely N-dealkylation sites (tertiary alicyclic amines) is 1. The Kier molecular flexibility index (Phi) is 4.45. The number of aromatic nitrogens is 5.